The highest BCUT2D eigenvalue weighted by Crippen LogP contribution is 2.48. The van der Waals surface area contributed by atoms with Crippen LogP contribution >= 0.6 is 15.9 Å². The highest BCUT2D eigenvalue weighted by atomic mass is 79.9. The topological polar surface area (TPSA) is 17.8 Å². The van der Waals surface area contributed by atoms with E-state index in [9.17, 15) is 0 Å². The van der Waals surface area contributed by atoms with Gasteiger partial charge in [-0.2, -0.15) is 0 Å². The van der Waals surface area contributed by atoms with Crippen molar-refractivity contribution in [3.05, 3.63) is 83.4 Å². The van der Waals surface area contributed by atoms with Crippen LogP contribution in [0.25, 0.3) is 11.4 Å². The zero-order valence-electron chi connectivity index (χ0n) is 11.5. The second-order valence-electron chi connectivity index (χ2n) is 5.28. The molecule has 0 aliphatic carbocycles. The average Bonchev–Trinajstić information content (AvgIpc) is 3.09. The van der Waals surface area contributed by atoms with Crippen LogP contribution in [0.2, 0.25) is 0 Å². The van der Waals surface area contributed by atoms with Gasteiger partial charge in [-0.25, -0.2) is 4.98 Å². The second-order valence-corrected chi connectivity index (χ2v) is 6.20. The molecule has 4 rings (SSSR count). The summed E-state index contributed by atoms with van der Waals surface area (Å²) in [6.45, 7) is 4.26. The van der Waals surface area contributed by atoms with E-state index in [4.69, 9.17) is 0 Å². The molecule has 1 aliphatic heterocycles. The molecule has 1 unspecified atom stereocenters. The van der Waals surface area contributed by atoms with Crippen molar-refractivity contribution in [3.63, 3.8) is 0 Å². The maximum absolute atomic E-state index is 4.55. The summed E-state index contributed by atoms with van der Waals surface area (Å²) < 4.78 is 3.34. The van der Waals surface area contributed by atoms with Gasteiger partial charge in [0, 0.05) is 22.4 Å². The third-order valence-corrected chi connectivity index (χ3v) is 4.88. The molecule has 2 nitrogen and oxygen atoms in total. The molecule has 0 spiro atoms. The molecule has 1 atom stereocenters. The maximum atomic E-state index is 4.55. The van der Waals surface area contributed by atoms with E-state index in [0.717, 1.165) is 16.7 Å². The smallest absolute Gasteiger partial charge is 0.141 e. The molecule has 0 saturated carbocycles. The summed E-state index contributed by atoms with van der Waals surface area (Å²) in [4.78, 5) is 4.55. The fourth-order valence-electron chi connectivity index (χ4n) is 3.40. The van der Waals surface area contributed by atoms with Gasteiger partial charge in [0.25, 0.3) is 0 Å². The normalized spacial score (nSPS) is 19.3. The number of hydrogen-bond donors (Lipinski definition) is 0. The number of benzene rings is 2. The fraction of sp³-hybridized carbons (Fsp3) is 0.111. The Labute approximate surface area is 132 Å². The third kappa shape index (κ3) is 1.61. The van der Waals surface area contributed by atoms with Gasteiger partial charge in [-0.3, -0.25) is 0 Å². The SMILES string of the molecule is [CH2]CC1(c2ccc(Br)cc2)c2ccccc2-c2nccn21. The Morgan fingerprint density at radius 2 is 1.86 bits per heavy atom. The molecule has 3 heteroatoms. The van der Waals surface area contributed by atoms with Crippen LogP contribution in [0.4, 0.5) is 0 Å². The molecule has 0 N–H and O–H groups in total. The Kier molecular flexibility index (Phi) is 2.79. The van der Waals surface area contributed by atoms with Crippen LogP contribution in [0, 0.1) is 6.92 Å². The van der Waals surface area contributed by atoms with E-state index in [1.807, 2.05) is 6.20 Å². The quantitative estimate of drug-likeness (QED) is 0.665. The second kappa shape index (κ2) is 4.57. The first-order chi connectivity index (χ1) is 10.3. The van der Waals surface area contributed by atoms with Gasteiger partial charge in [0.05, 0.1) is 5.54 Å². The van der Waals surface area contributed by atoms with E-state index in [1.165, 1.54) is 16.7 Å². The lowest BCUT2D eigenvalue weighted by Gasteiger charge is -2.32. The number of halogens is 1. The average molecular weight is 338 g/mol. The van der Waals surface area contributed by atoms with Gasteiger partial charge in [0.15, 0.2) is 0 Å². The van der Waals surface area contributed by atoms with Gasteiger partial charge in [0.1, 0.15) is 5.82 Å². The molecule has 0 amide bonds. The van der Waals surface area contributed by atoms with E-state index in [-0.39, 0.29) is 5.54 Å². The molecule has 1 aromatic heterocycles. The Morgan fingerprint density at radius 3 is 2.62 bits per heavy atom. The van der Waals surface area contributed by atoms with Gasteiger partial charge in [-0.1, -0.05) is 59.3 Å². The van der Waals surface area contributed by atoms with Gasteiger partial charge in [-0.05, 0) is 29.7 Å². The lowest BCUT2D eigenvalue weighted by atomic mass is 9.81. The third-order valence-electron chi connectivity index (χ3n) is 4.35. The van der Waals surface area contributed by atoms with Gasteiger partial charge in [-0.15, -0.1) is 0 Å². The minimum absolute atomic E-state index is 0.261. The lowest BCUT2D eigenvalue weighted by Crippen LogP contribution is -2.32. The molecule has 0 saturated heterocycles. The Bertz CT molecular complexity index is 804. The molecule has 0 bridgehead atoms. The molecule has 1 radical (unpaired) electrons. The van der Waals surface area contributed by atoms with Crippen molar-refractivity contribution < 1.29 is 0 Å². The molecule has 3 aromatic rings. The maximum Gasteiger partial charge on any atom is 0.141 e. The number of aromatic nitrogens is 2. The highest BCUT2D eigenvalue weighted by molar-refractivity contribution is 9.10. The minimum Gasteiger partial charge on any atom is -0.317 e. The first kappa shape index (κ1) is 12.8. The number of rotatable bonds is 2. The number of fused-ring (bicyclic) bond motifs is 3. The molecule has 21 heavy (non-hydrogen) atoms. The number of imidazole rings is 1. The van der Waals surface area contributed by atoms with E-state index < -0.39 is 0 Å². The predicted octanol–water partition coefficient (Wildman–Crippen LogP) is 4.64. The van der Waals surface area contributed by atoms with Crippen LogP contribution in [0.1, 0.15) is 17.5 Å². The van der Waals surface area contributed by atoms with Crippen LogP contribution in [0.3, 0.4) is 0 Å². The molecule has 103 valence electrons. The first-order valence-corrected chi connectivity index (χ1v) is 7.75. The van der Waals surface area contributed by atoms with E-state index in [0.29, 0.717) is 0 Å². The molecule has 2 heterocycles. The lowest BCUT2D eigenvalue weighted by molar-refractivity contribution is 0.457. The van der Waals surface area contributed by atoms with Crippen molar-refractivity contribution in [2.75, 3.05) is 0 Å². The van der Waals surface area contributed by atoms with Crippen LogP contribution < -0.4 is 0 Å². The van der Waals surface area contributed by atoms with E-state index in [1.54, 1.807) is 0 Å². The Hall–Kier alpha value is -1.87. The standard InChI is InChI=1S/C18H14BrN2/c1-2-18(13-7-9-14(19)10-8-13)16-6-4-3-5-15(16)17-20-11-12-21(17)18/h3-12H,1-2H2. The van der Waals surface area contributed by atoms with Crippen molar-refractivity contribution >= 4 is 15.9 Å². The summed E-state index contributed by atoms with van der Waals surface area (Å²) >= 11 is 3.51. The van der Waals surface area contributed by atoms with Crippen molar-refractivity contribution in [3.8, 4) is 11.4 Å². The molecule has 2 aromatic carbocycles. The van der Waals surface area contributed by atoms with Crippen LogP contribution in [-0.4, -0.2) is 9.55 Å². The molecular formula is C18H14BrN2. The first-order valence-electron chi connectivity index (χ1n) is 6.96. The summed E-state index contributed by atoms with van der Waals surface area (Å²) in [7, 11) is 0. The molecule has 0 fully saturated rings. The van der Waals surface area contributed by atoms with Gasteiger partial charge >= 0.3 is 0 Å². The van der Waals surface area contributed by atoms with Crippen molar-refractivity contribution in [1.29, 1.82) is 0 Å². The van der Waals surface area contributed by atoms with E-state index in [2.05, 4.69) is 87.1 Å². The fourth-order valence-corrected chi connectivity index (χ4v) is 3.66. The highest BCUT2D eigenvalue weighted by Gasteiger charge is 2.43. The summed E-state index contributed by atoms with van der Waals surface area (Å²) in [5.74, 6) is 1.03. The van der Waals surface area contributed by atoms with Crippen LogP contribution in [0.15, 0.2) is 65.4 Å². The van der Waals surface area contributed by atoms with Crippen molar-refractivity contribution in [1.82, 2.24) is 9.55 Å². The number of hydrogen-bond acceptors (Lipinski definition) is 1. The molecule has 1 aliphatic rings. The molecular weight excluding hydrogens is 324 g/mol. The van der Waals surface area contributed by atoms with E-state index >= 15 is 0 Å². The zero-order valence-corrected chi connectivity index (χ0v) is 13.0. The van der Waals surface area contributed by atoms with Crippen molar-refractivity contribution in [2.45, 2.75) is 12.0 Å². The summed E-state index contributed by atoms with van der Waals surface area (Å²) in [5.41, 5.74) is 3.47. The zero-order chi connectivity index (χ0) is 14.4. The van der Waals surface area contributed by atoms with Crippen LogP contribution in [0.5, 0.6) is 0 Å². The minimum atomic E-state index is -0.261. The monoisotopic (exact) mass is 337 g/mol. The Morgan fingerprint density at radius 1 is 1.10 bits per heavy atom. The Balaban J connectivity index is 2.07. The predicted molar refractivity (Wildman–Crippen MR) is 88.0 cm³/mol. The van der Waals surface area contributed by atoms with Gasteiger partial charge in [0.2, 0.25) is 0 Å². The van der Waals surface area contributed by atoms with Gasteiger partial charge < -0.3 is 4.57 Å². The van der Waals surface area contributed by atoms with Crippen LogP contribution in [-0.2, 0) is 5.54 Å². The summed E-state index contributed by atoms with van der Waals surface area (Å²) in [5, 5.41) is 0. The number of nitrogens with zero attached hydrogens (tertiary/aromatic N) is 2. The largest absolute Gasteiger partial charge is 0.317 e. The summed E-state index contributed by atoms with van der Waals surface area (Å²) in [6.07, 6.45) is 4.67. The van der Waals surface area contributed by atoms with Crippen molar-refractivity contribution in [2.24, 2.45) is 0 Å². The summed E-state index contributed by atoms with van der Waals surface area (Å²) in [6, 6.07) is 17.0.